The Morgan fingerprint density at radius 3 is 2.81 bits per heavy atom. The maximum absolute atomic E-state index is 11.9. The van der Waals surface area contributed by atoms with E-state index in [1.54, 1.807) is 11.8 Å². The largest absolute Gasteiger partial charge is 0.477 e. The molecule has 7 nitrogen and oxygen atoms in total. The molecular weight excluding hydrogens is 294 g/mol. The Bertz CT molecular complexity index is 516. The van der Waals surface area contributed by atoms with Crippen molar-refractivity contribution in [3.05, 3.63) is 11.3 Å². The van der Waals surface area contributed by atoms with Crippen LogP contribution in [0.15, 0.2) is 11.3 Å². The maximum atomic E-state index is 11.9. The third-order valence-corrected chi connectivity index (χ3v) is 5.78. The van der Waals surface area contributed by atoms with E-state index in [1.807, 2.05) is 0 Å². The number of quaternary nitrogens is 1. The van der Waals surface area contributed by atoms with Gasteiger partial charge in [0.05, 0.1) is 20.3 Å². The molecule has 0 bridgehead atoms. The number of thioether (sulfide) groups is 1. The van der Waals surface area contributed by atoms with Gasteiger partial charge in [-0.1, -0.05) is 0 Å². The van der Waals surface area contributed by atoms with Gasteiger partial charge < -0.3 is 20.1 Å². The lowest BCUT2D eigenvalue weighted by atomic mass is 10.0. The van der Waals surface area contributed by atoms with Gasteiger partial charge in [0.25, 0.3) is 0 Å². The van der Waals surface area contributed by atoms with Gasteiger partial charge in [0.15, 0.2) is 0 Å². The average molecular weight is 314 g/mol. The molecule has 3 N–H and O–H groups in total. The molecular formula is C13H20N3O4S+. The van der Waals surface area contributed by atoms with E-state index in [2.05, 4.69) is 7.05 Å². The van der Waals surface area contributed by atoms with E-state index in [-0.39, 0.29) is 17.0 Å². The van der Waals surface area contributed by atoms with Gasteiger partial charge in [0.2, 0.25) is 5.91 Å². The fraction of sp³-hybridized carbons (Fsp3) is 0.692. The van der Waals surface area contributed by atoms with Gasteiger partial charge in [-0.2, -0.15) is 0 Å². The van der Waals surface area contributed by atoms with E-state index in [1.165, 1.54) is 4.90 Å². The highest BCUT2D eigenvalue weighted by Crippen LogP contribution is 2.40. The lowest BCUT2D eigenvalue weighted by Crippen LogP contribution is -2.69. The monoisotopic (exact) mass is 314 g/mol. The molecule has 0 aromatic rings. The Labute approximate surface area is 127 Å². The second-order valence-corrected chi connectivity index (χ2v) is 7.14. The number of β-lactam (4-membered cyclic amide) rings is 1. The molecule has 2 saturated heterocycles. The Balaban J connectivity index is 1.87. The minimum atomic E-state index is -1.03. The number of amides is 1. The number of fused-ring (bicyclic) bond motifs is 1. The maximum Gasteiger partial charge on any atom is 0.352 e. The molecule has 0 unspecified atom stereocenters. The fourth-order valence-corrected chi connectivity index (χ4v) is 4.39. The van der Waals surface area contributed by atoms with Crippen molar-refractivity contribution >= 4 is 23.6 Å². The molecule has 0 radical (unpaired) electrons. The molecule has 0 spiro atoms. The van der Waals surface area contributed by atoms with Gasteiger partial charge in [0.1, 0.15) is 36.7 Å². The third kappa shape index (κ3) is 2.46. The molecule has 0 saturated carbocycles. The summed E-state index contributed by atoms with van der Waals surface area (Å²) in [6.07, 6.45) is 0. The van der Waals surface area contributed by atoms with Crippen molar-refractivity contribution in [1.82, 2.24) is 4.90 Å². The minimum Gasteiger partial charge on any atom is -0.477 e. The van der Waals surface area contributed by atoms with Crippen molar-refractivity contribution in [3.63, 3.8) is 0 Å². The molecule has 3 aliphatic heterocycles. The van der Waals surface area contributed by atoms with Gasteiger partial charge in [-0.05, 0) is 0 Å². The van der Waals surface area contributed by atoms with Crippen molar-refractivity contribution in [2.24, 2.45) is 5.73 Å². The number of nitrogens with zero attached hydrogens (tertiary/aromatic N) is 2. The van der Waals surface area contributed by atoms with Crippen molar-refractivity contribution < 1.29 is 23.9 Å². The first-order chi connectivity index (χ1) is 9.93. The van der Waals surface area contributed by atoms with Crippen LogP contribution in [-0.2, 0) is 14.3 Å². The van der Waals surface area contributed by atoms with Gasteiger partial charge in [0, 0.05) is 11.3 Å². The molecule has 1 amide bonds. The number of nitrogens with two attached hydrogens (primary N) is 1. The van der Waals surface area contributed by atoms with Crippen LogP contribution in [0.2, 0.25) is 0 Å². The molecule has 21 heavy (non-hydrogen) atoms. The molecule has 8 heteroatoms. The summed E-state index contributed by atoms with van der Waals surface area (Å²) in [7, 11) is 2.11. The predicted molar refractivity (Wildman–Crippen MR) is 77.3 cm³/mol. The van der Waals surface area contributed by atoms with Crippen molar-refractivity contribution in [2.45, 2.75) is 11.4 Å². The quantitative estimate of drug-likeness (QED) is 0.515. The topological polar surface area (TPSA) is 92.9 Å². The lowest BCUT2D eigenvalue weighted by Gasteiger charge is -2.49. The van der Waals surface area contributed by atoms with E-state index in [0.29, 0.717) is 25.5 Å². The standard InChI is InChI=1S/C13H19N3O4S/c1-16(2-4-20-5-3-16)6-8-7-21-12-9(14)11(17)15(12)10(8)13(18)19/h9,12H,2-7,14H2,1H3/p+1/t9-,12-/m1/s1. The van der Waals surface area contributed by atoms with E-state index < -0.39 is 12.0 Å². The van der Waals surface area contributed by atoms with Crippen LogP contribution in [-0.4, -0.2) is 83.4 Å². The van der Waals surface area contributed by atoms with Crippen molar-refractivity contribution in [3.8, 4) is 0 Å². The Hall–Kier alpha value is -1.09. The van der Waals surface area contributed by atoms with E-state index >= 15 is 0 Å². The molecule has 2 fully saturated rings. The second-order valence-electron chi connectivity index (χ2n) is 6.03. The number of carbonyl (C=O) groups is 2. The summed E-state index contributed by atoms with van der Waals surface area (Å²) in [5.41, 5.74) is 6.72. The average Bonchev–Trinajstić information content (AvgIpc) is 2.46. The number of likely N-dealkylation sites (N-methyl/N-ethyl adjacent to an activating group) is 1. The molecule has 3 aliphatic rings. The number of carbonyl (C=O) groups excluding carboxylic acids is 1. The minimum absolute atomic E-state index is 0.149. The Morgan fingerprint density at radius 2 is 2.19 bits per heavy atom. The van der Waals surface area contributed by atoms with E-state index in [9.17, 15) is 14.7 Å². The summed E-state index contributed by atoms with van der Waals surface area (Å²) < 4.78 is 6.13. The van der Waals surface area contributed by atoms with Crippen molar-refractivity contribution in [1.29, 1.82) is 0 Å². The zero-order valence-electron chi connectivity index (χ0n) is 11.9. The number of rotatable bonds is 3. The van der Waals surface area contributed by atoms with Crippen LogP contribution in [0.5, 0.6) is 0 Å². The number of aliphatic carboxylic acids is 1. The Morgan fingerprint density at radius 1 is 1.52 bits per heavy atom. The first-order valence-corrected chi connectivity index (χ1v) is 8.05. The summed E-state index contributed by atoms with van der Waals surface area (Å²) in [6, 6.07) is -0.570. The van der Waals surface area contributed by atoms with Gasteiger partial charge in [-0.25, -0.2) is 4.79 Å². The predicted octanol–water partition coefficient (Wildman–Crippen LogP) is -0.956. The second kappa shape index (κ2) is 5.28. The molecule has 0 aromatic heterocycles. The molecule has 0 aromatic carbocycles. The number of hydrogen-bond acceptors (Lipinski definition) is 5. The van der Waals surface area contributed by atoms with Crippen LogP contribution in [0.25, 0.3) is 0 Å². The van der Waals surface area contributed by atoms with Crippen molar-refractivity contribution in [2.75, 3.05) is 45.6 Å². The normalized spacial score (nSPS) is 31.7. The molecule has 3 heterocycles. The van der Waals surface area contributed by atoms with Crippen LogP contribution in [0.1, 0.15) is 0 Å². The summed E-state index contributed by atoms with van der Waals surface area (Å²) >= 11 is 1.56. The highest BCUT2D eigenvalue weighted by molar-refractivity contribution is 8.00. The highest BCUT2D eigenvalue weighted by atomic mass is 32.2. The third-order valence-electron chi connectivity index (χ3n) is 4.41. The van der Waals surface area contributed by atoms with Gasteiger partial charge >= 0.3 is 5.97 Å². The van der Waals surface area contributed by atoms with Crippen LogP contribution in [0.4, 0.5) is 0 Å². The molecule has 116 valence electrons. The molecule has 3 rings (SSSR count). The number of morpholine rings is 1. The van der Waals surface area contributed by atoms with Crippen LogP contribution in [0, 0.1) is 0 Å². The fourth-order valence-electron chi connectivity index (χ4n) is 3.10. The zero-order chi connectivity index (χ0) is 15.2. The smallest absolute Gasteiger partial charge is 0.352 e. The highest BCUT2D eigenvalue weighted by Gasteiger charge is 2.52. The molecule has 2 atom stereocenters. The number of hydrogen-bond donors (Lipinski definition) is 2. The van der Waals surface area contributed by atoms with Crippen LogP contribution >= 0.6 is 11.8 Å². The van der Waals surface area contributed by atoms with Gasteiger partial charge in [-0.15, -0.1) is 11.8 Å². The van der Waals surface area contributed by atoms with Gasteiger partial charge in [-0.3, -0.25) is 9.69 Å². The summed E-state index contributed by atoms with van der Waals surface area (Å²) in [4.78, 5) is 24.9. The van der Waals surface area contributed by atoms with E-state index in [0.717, 1.165) is 23.1 Å². The van der Waals surface area contributed by atoms with Crippen LogP contribution in [0.3, 0.4) is 0 Å². The lowest BCUT2D eigenvalue weighted by molar-refractivity contribution is -0.912. The first kappa shape index (κ1) is 14.8. The number of carboxylic acids is 1. The number of ether oxygens (including phenoxy) is 1. The molecule has 0 aliphatic carbocycles. The Kier molecular flexibility index (Phi) is 3.73. The summed E-state index contributed by atoms with van der Waals surface area (Å²) in [6.45, 7) is 3.74. The zero-order valence-corrected chi connectivity index (χ0v) is 12.8. The summed E-state index contributed by atoms with van der Waals surface area (Å²) in [5.74, 6) is -0.694. The SMILES string of the molecule is C[N+]1(CC2=C(C(=O)O)N3C(=O)[C@@H](N)[C@H]3SC2)CCOCC1. The summed E-state index contributed by atoms with van der Waals surface area (Å²) in [5, 5.41) is 9.29. The number of carboxylic acid groups (broad SMARTS) is 1. The first-order valence-electron chi connectivity index (χ1n) is 7.00. The van der Waals surface area contributed by atoms with Crippen LogP contribution < -0.4 is 5.73 Å². The van der Waals surface area contributed by atoms with E-state index in [4.69, 9.17) is 10.5 Å².